The van der Waals surface area contributed by atoms with E-state index in [1.807, 2.05) is 42.5 Å². The molecule has 1 aliphatic rings. The van der Waals surface area contributed by atoms with Crippen LogP contribution >= 0.6 is 0 Å². The van der Waals surface area contributed by atoms with Gasteiger partial charge in [-0.2, -0.15) is 0 Å². The number of rotatable bonds is 3. The molecule has 1 fully saturated rings. The van der Waals surface area contributed by atoms with Gasteiger partial charge >= 0.3 is 0 Å². The Morgan fingerprint density at radius 3 is 2.82 bits per heavy atom. The molecule has 0 saturated carbocycles. The summed E-state index contributed by atoms with van der Waals surface area (Å²) in [6, 6.07) is 17.4. The summed E-state index contributed by atoms with van der Waals surface area (Å²) in [7, 11) is 0. The van der Waals surface area contributed by atoms with Crippen LogP contribution in [-0.2, 0) is 4.79 Å². The highest BCUT2D eigenvalue weighted by Crippen LogP contribution is 2.35. The lowest BCUT2D eigenvalue weighted by atomic mass is 9.97. The molecule has 5 nitrogen and oxygen atoms in total. The van der Waals surface area contributed by atoms with Crippen molar-refractivity contribution in [1.29, 1.82) is 0 Å². The molecular formula is C23H18N2O3. The molecular weight excluding hydrogens is 352 g/mol. The number of carbonyl (C=O) groups is 1. The van der Waals surface area contributed by atoms with Crippen LogP contribution in [0, 0.1) is 0 Å². The van der Waals surface area contributed by atoms with Crippen LogP contribution in [0.2, 0.25) is 0 Å². The molecule has 3 aromatic carbocycles. The van der Waals surface area contributed by atoms with E-state index in [0.717, 1.165) is 33.0 Å². The van der Waals surface area contributed by atoms with E-state index in [1.165, 1.54) is 6.08 Å². The number of fused-ring (bicyclic) bond motifs is 2. The van der Waals surface area contributed by atoms with Crippen molar-refractivity contribution in [2.75, 3.05) is 13.1 Å². The number of hydrogen-bond donors (Lipinski definition) is 1. The first kappa shape index (κ1) is 16.6. The molecule has 5 rings (SSSR count). The second-order valence-electron chi connectivity index (χ2n) is 7.09. The van der Waals surface area contributed by atoms with Gasteiger partial charge in [-0.05, 0) is 52.2 Å². The van der Waals surface area contributed by atoms with E-state index in [4.69, 9.17) is 4.42 Å². The number of benzene rings is 3. The summed E-state index contributed by atoms with van der Waals surface area (Å²) in [5, 5.41) is 12.2. The van der Waals surface area contributed by atoms with Crippen molar-refractivity contribution in [3.05, 3.63) is 73.1 Å². The first-order chi connectivity index (χ1) is 13.6. The molecule has 0 unspecified atom stereocenters. The smallest absolute Gasteiger partial charge is 0.246 e. The molecule has 28 heavy (non-hydrogen) atoms. The maximum absolute atomic E-state index is 11.6. The SMILES string of the molecule is C=CC(=O)N1CC(c2nc3cc(-c4cc(O)cc5ccccc45)ccc3o2)C1. The van der Waals surface area contributed by atoms with Gasteiger partial charge in [-0.15, -0.1) is 0 Å². The maximum atomic E-state index is 11.6. The lowest BCUT2D eigenvalue weighted by Gasteiger charge is -2.36. The number of phenolic OH excluding ortho intramolecular Hbond substituents is 1. The average Bonchev–Trinajstić information content (AvgIpc) is 3.08. The number of hydrogen-bond acceptors (Lipinski definition) is 4. The highest BCUT2D eigenvalue weighted by molar-refractivity contribution is 5.99. The minimum absolute atomic E-state index is 0.0644. The van der Waals surface area contributed by atoms with E-state index in [0.29, 0.717) is 19.0 Å². The zero-order valence-corrected chi connectivity index (χ0v) is 15.1. The van der Waals surface area contributed by atoms with Crippen LogP contribution in [0.5, 0.6) is 5.75 Å². The Labute approximate surface area is 161 Å². The van der Waals surface area contributed by atoms with Crippen molar-refractivity contribution < 1.29 is 14.3 Å². The van der Waals surface area contributed by atoms with Gasteiger partial charge < -0.3 is 14.4 Å². The number of amides is 1. The number of oxazole rings is 1. The molecule has 0 aliphatic carbocycles. The van der Waals surface area contributed by atoms with Crippen molar-refractivity contribution in [3.63, 3.8) is 0 Å². The Hall–Kier alpha value is -3.60. The van der Waals surface area contributed by atoms with Crippen LogP contribution in [0.25, 0.3) is 33.0 Å². The fourth-order valence-corrected chi connectivity index (χ4v) is 3.76. The summed E-state index contributed by atoms with van der Waals surface area (Å²) in [5.74, 6) is 0.934. The van der Waals surface area contributed by atoms with Gasteiger partial charge in [-0.3, -0.25) is 4.79 Å². The van der Waals surface area contributed by atoms with Crippen molar-refractivity contribution in [2.24, 2.45) is 0 Å². The van der Waals surface area contributed by atoms with E-state index in [9.17, 15) is 9.90 Å². The zero-order valence-electron chi connectivity index (χ0n) is 15.1. The van der Waals surface area contributed by atoms with Crippen LogP contribution in [0.1, 0.15) is 11.8 Å². The number of carbonyl (C=O) groups excluding carboxylic acids is 1. The van der Waals surface area contributed by atoms with Gasteiger partial charge in [0, 0.05) is 13.1 Å². The van der Waals surface area contributed by atoms with Gasteiger partial charge in [0.25, 0.3) is 0 Å². The number of aromatic hydroxyl groups is 1. The molecule has 1 N–H and O–H groups in total. The molecule has 0 atom stereocenters. The monoisotopic (exact) mass is 370 g/mol. The normalized spacial score (nSPS) is 14.4. The molecule has 1 aliphatic heterocycles. The second-order valence-corrected chi connectivity index (χ2v) is 7.09. The van der Waals surface area contributed by atoms with E-state index in [2.05, 4.69) is 11.6 Å². The second kappa shape index (κ2) is 6.23. The standard InChI is InChI=1S/C23H18N2O3/c1-2-22(27)25-12-16(13-25)23-24-20-10-15(7-8-21(20)28-23)19-11-17(26)9-14-5-3-4-6-18(14)19/h2-11,16,26H,1,12-13H2. The lowest BCUT2D eigenvalue weighted by molar-refractivity contribution is -0.130. The average molecular weight is 370 g/mol. The Balaban J connectivity index is 1.52. The highest BCUT2D eigenvalue weighted by Gasteiger charge is 2.34. The Bertz CT molecular complexity index is 1240. The first-order valence-electron chi connectivity index (χ1n) is 9.16. The predicted octanol–water partition coefficient (Wildman–Crippen LogP) is 4.47. The minimum Gasteiger partial charge on any atom is -0.508 e. The summed E-state index contributed by atoms with van der Waals surface area (Å²) in [4.78, 5) is 18.0. The molecule has 0 bridgehead atoms. The number of aromatic nitrogens is 1. The molecule has 0 spiro atoms. The molecule has 1 amide bonds. The minimum atomic E-state index is -0.0644. The molecule has 1 saturated heterocycles. The lowest BCUT2D eigenvalue weighted by Crippen LogP contribution is -2.47. The molecule has 5 heteroatoms. The van der Waals surface area contributed by atoms with Crippen molar-refractivity contribution in [1.82, 2.24) is 9.88 Å². The third-order valence-corrected chi connectivity index (χ3v) is 5.28. The van der Waals surface area contributed by atoms with Crippen molar-refractivity contribution >= 4 is 27.8 Å². The highest BCUT2D eigenvalue weighted by atomic mass is 16.3. The van der Waals surface area contributed by atoms with Crippen LogP contribution in [0.15, 0.2) is 71.7 Å². The van der Waals surface area contributed by atoms with Crippen molar-refractivity contribution in [3.8, 4) is 16.9 Å². The van der Waals surface area contributed by atoms with Gasteiger partial charge in [-0.25, -0.2) is 4.98 Å². The van der Waals surface area contributed by atoms with Gasteiger partial charge in [-0.1, -0.05) is 36.9 Å². The molecule has 138 valence electrons. The summed E-state index contributed by atoms with van der Waals surface area (Å²) >= 11 is 0. The topological polar surface area (TPSA) is 66.6 Å². The summed E-state index contributed by atoms with van der Waals surface area (Å²) in [6.45, 7) is 4.71. The fraction of sp³-hybridized carbons (Fsp3) is 0.130. The van der Waals surface area contributed by atoms with E-state index >= 15 is 0 Å². The van der Waals surface area contributed by atoms with E-state index in [-0.39, 0.29) is 17.6 Å². The van der Waals surface area contributed by atoms with Crippen LogP contribution < -0.4 is 0 Å². The van der Waals surface area contributed by atoms with Crippen LogP contribution in [0.3, 0.4) is 0 Å². The molecule has 4 aromatic rings. The fourth-order valence-electron chi connectivity index (χ4n) is 3.76. The Kier molecular flexibility index (Phi) is 3.69. The van der Waals surface area contributed by atoms with Gasteiger partial charge in [0.1, 0.15) is 11.3 Å². The molecule has 2 heterocycles. The Morgan fingerprint density at radius 2 is 2.00 bits per heavy atom. The zero-order chi connectivity index (χ0) is 19.3. The predicted molar refractivity (Wildman–Crippen MR) is 108 cm³/mol. The van der Waals surface area contributed by atoms with Gasteiger partial charge in [0.05, 0.1) is 5.92 Å². The van der Waals surface area contributed by atoms with Crippen molar-refractivity contribution in [2.45, 2.75) is 5.92 Å². The van der Waals surface area contributed by atoms with Gasteiger partial charge in [0.15, 0.2) is 5.58 Å². The quantitative estimate of drug-likeness (QED) is 0.541. The third-order valence-electron chi connectivity index (χ3n) is 5.28. The number of likely N-dealkylation sites (tertiary alicyclic amines) is 1. The summed E-state index contributed by atoms with van der Waals surface area (Å²) in [5.41, 5.74) is 3.41. The summed E-state index contributed by atoms with van der Waals surface area (Å²) in [6.07, 6.45) is 1.33. The summed E-state index contributed by atoms with van der Waals surface area (Å²) < 4.78 is 5.91. The van der Waals surface area contributed by atoms with Crippen LogP contribution in [0.4, 0.5) is 0 Å². The molecule has 0 radical (unpaired) electrons. The third kappa shape index (κ3) is 2.63. The maximum Gasteiger partial charge on any atom is 0.246 e. The first-order valence-corrected chi connectivity index (χ1v) is 9.16. The van der Waals surface area contributed by atoms with E-state index in [1.54, 1.807) is 17.0 Å². The van der Waals surface area contributed by atoms with E-state index < -0.39 is 0 Å². The largest absolute Gasteiger partial charge is 0.508 e. The molecule has 1 aromatic heterocycles. The Morgan fingerprint density at radius 1 is 1.18 bits per heavy atom. The van der Waals surface area contributed by atoms with Gasteiger partial charge in [0.2, 0.25) is 11.8 Å². The van der Waals surface area contributed by atoms with Crippen LogP contribution in [-0.4, -0.2) is 34.0 Å². The number of nitrogens with zero attached hydrogens (tertiary/aromatic N) is 2. The number of phenols is 1.